The van der Waals surface area contributed by atoms with Gasteiger partial charge < -0.3 is 9.72 Å². The number of nitrogens with zero attached hydrogens (tertiary/aromatic N) is 3. The normalized spacial score (nSPS) is 19.3. The van der Waals surface area contributed by atoms with Gasteiger partial charge in [-0.25, -0.2) is 4.98 Å². The molecule has 0 aliphatic carbocycles. The first-order valence-electron chi connectivity index (χ1n) is 7.44. The Morgan fingerprint density at radius 1 is 1.45 bits per heavy atom. The van der Waals surface area contributed by atoms with Crippen LogP contribution >= 0.6 is 0 Å². The fraction of sp³-hybridized carbons (Fsp3) is 0.438. The van der Waals surface area contributed by atoms with Gasteiger partial charge in [0.15, 0.2) is 0 Å². The van der Waals surface area contributed by atoms with Crippen LogP contribution in [0.15, 0.2) is 29.2 Å². The summed E-state index contributed by atoms with van der Waals surface area (Å²) in [6, 6.07) is 5.54. The zero-order valence-electron chi connectivity index (χ0n) is 12.9. The fourth-order valence-electron chi connectivity index (χ4n) is 2.69. The summed E-state index contributed by atoms with van der Waals surface area (Å²) in [5, 5.41) is 0. The number of aromatic nitrogens is 3. The third-order valence-electron chi connectivity index (χ3n) is 3.85. The molecule has 6 nitrogen and oxygen atoms in total. The third-order valence-corrected chi connectivity index (χ3v) is 3.85. The van der Waals surface area contributed by atoms with Gasteiger partial charge in [-0.2, -0.15) is 0 Å². The lowest BCUT2D eigenvalue weighted by molar-refractivity contribution is -0.0355. The Morgan fingerprint density at radius 2 is 2.32 bits per heavy atom. The van der Waals surface area contributed by atoms with Crippen molar-refractivity contribution in [2.24, 2.45) is 0 Å². The van der Waals surface area contributed by atoms with Crippen LogP contribution < -0.4 is 5.56 Å². The minimum atomic E-state index is -0.168. The molecule has 0 unspecified atom stereocenters. The molecule has 0 bridgehead atoms. The molecule has 1 N–H and O–H groups in total. The maximum Gasteiger partial charge on any atom is 0.251 e. The monoisotopic (exact) mass is 300 g/mol. The van der Waals surface area contributed by atoms with Gasteiger partial charge in [0.25, 0.3) is 5.56 Å². The average Bonchev–Trinajstić information content (AvgIpc) is 2.49. The second-order valence-electron chi connectivity index (χ2n) is 5.62. The summed E-state index contributed by atoms with van der Waals surface area (Å²) in [5.74, 6) is 0.615. The Labute approximate surface area is 129 Å². The van der Waals surface area contributed by atoms with E-state index in [1.807, 2.05) is 12.3 Å². The fourth-order valence-corrected chi connectivity index (χ4v) is 2.69. The zero-order valence-corrected chi connectivity index (χ0v) is 12.9. The molecule has 3 rings (SSSR count). The number of aromatic amines is 1. The Morgan fingerprint density at radius 3 is 3.09 bits per heavy atom. The number of H-pyrrole nitrogens is 1. The van der Waals surface area contributed by atoms with Gasteiger partial charge in [-0.1, -0.05) is 6.07 Å². The van der Waals surface area contributed by atoms with E-state index in [9.17, 15) is 4.79 Å². The van der Waals surface area contributed by atoms with Gasteiger partial charge in [0.1, 0.15) is 11.9 Å². The van der Waals surface area contributed by atoms with E-state index >= 15 is 0 Å². The van der Waals surface area contributed by atoms with Crippen molar-refractivity contribution in [2.45, 2.75) is 26.5 Å². The molecule has 0 spiro atoms. The lowest BCUT2D eigenvalue weighted by atomic mass is 10.1. The van der Waals surface area contributed by atoms with Crippen molar-refractivity contribution in [3.63, 3.8) is 0 Å². The Balaban J connectivity index is 1.74. The average molecular weight is 300 g/mol. The van der Waals surface area contributed by atoms with E-state index in [0.29, 0.717) is 24.7 Å². The summed E-state index contributed by atoms with van der Waals surface area (Å²) in [6.07, 6.45) is 1.65. The van der Waals surface area contributed by atoms with E-state index in [1.165, 1.54) is 11.6 Å². The first-order valence-corrected chi connectivity index (χ1v) is 7.44. The highest BCUT2D eigenvalue weighted by Crippen LogP contribution is 2.21. The molecule has 6 heteroatoms. The molecule has 2 aromatic heterocycles. The second kappa shape index (κ2) is 6.37. The number of aryl methyl sites for hydroxylation is 2. The maximum absolute atomic E-state index is 11.6. The van der Waals surface area contributed by atoms with Crippen LogP contribution in [0.5, 0.6) is 0 Å². The number of pyridine rings is 1. The highest BCUT2D eigenvalue weighted by atomic mass is 16.5. The first-order chi connectivity index (χ1) is 10.6. The smallest absolute Gasteiger partial charge is 0.251 e. The summed E-state index contributed by atoms with van der Waals surface area (Å²) < 4.78 is 5.79. The van der Waals surface area contributed by atoms with E-state index in [1.54, 1.807) is 6.92 Å². The van der Waals surface area contributed by atoms with Gasteiger partial charge in [0.05, 0.1) is 18.0 Å². The minimum absolute atomic E-state index is 0.135. The standard InChI is InChI=1S/C16H20N4O2/c1-11-4-3-5-17-14(11)9-20-6-7-22-15(10-20)13-8-16(21)19-12(2)18-13/h3-5,8,15H,6-7,9-10H2,1-2H3,(H,18,19,21)/t15-/m1/s1. The number of hydrogen-bond donors (Lipinski definition) is 1. The molecular formula is C16H20N4O2. The Kier molecular flexibility index (Phi) is 4.31. The van der Waals surface area contributed by atoms with Crippen LogP contribution in [0.4, 0.5) is 0 Å². The quantitative estimate of drug-likeness (QED) is 0.926. The lowest BCUT2D eigenvalue weighted by Crippen LogP contribution is -2.38. The number of rotatable bonds is 3. The Hall–Kier alpha value is -2.05. The van der Waals surface area contributed by atoms with Crippen molar-refractivity contribution < 1.29 is 4.74 Å². The summed E-state index contributed by atoms with van der Waals surface area (Å²) in [4.78, 5) is 25.4. The molecule has 0 saturated carbocycles. The van der Waals surface area contributed by atoms with Crippen molar-refractivity contribution in [3.05, 3.63) is 57.5 Å². The number of nitrogens with one attached hydrogen (secondary N) is 1. The molecule has 1 aliphatic rings. The van der Waals surface area contributed by atoms with E-state index in [0.717, 1.165) is 18.8 Å². The molecule has 3 heterocycles. The van der Waals surface area contributed by atoms with Crippen molar-refractivity contribution in [3.8, 4) is 0 Å². The van der Waals surface area contributed by atoms with Crippen molar-refractivity contribution in [2.75, 3.05) is 19.7 Å². The summed E-state index contributed by atoms with van der Waals surface area (Å²) in [7, 11) is 0. The van der Waals surface area contributed by atoms with Crippen LogP contribution in [0.1, 0.15) is 28.9 Å². The predicted molar refractivity (Wildman–Crippen MR) is 82.5 cm³/mol. The largest absolute Gasteiger partial charge is 0.369 e. The van der Waals surface area contributed by atoms with Crippen LogP contribution in [0.2, 0.25) is 0 Å². The molecular weight excluding hydrogens is 280 g/mol. The number of ether oxygens (including phenoxy) is 1. The lowest BCUT2D eigenvalue weighted by Gasteiger charge is -2.32. The molecule has 1 fully saturated rings. The van der Waals surface area contributed by atoms with Crippen molar-refractivity contribution in [1.29, 1.82) is 0 Å². The molecule has 0 amide bonds. The highest BCUT2D eigenvalue weighted by Gasteiger charge is 2.24. The SMILES string of the molecule is Cc1nc([C@H]2CN(Cc3ncccc3C)CCO2)cc(=O)[nH]1. The molecule has 116 valence electrons. The summed E-state index contributed by atoms with van der Waals surface area (Å²) >= 11 is 0. The topological polar surface area (TPSA) is 71.1 Å². The maximum atomic E-state index is 11.6. The Bertz CT molecular complexity index is 713. The van der Waals surface area contributed by atoms with Gasteiger partial charge in [0, 0.05) is 31.9 Å². The van der Waals surface area contributed by atoms with Gasteiger partial charge in [0.2, 0.25) is 0 Å². The highest BCUT2D eigenvalue weighted by molar-refractivity contribution is 5.17. The van der Waals surface area contributed by atoms with E-state index in [-0.39, 0.29) is 11.7 Å². The van der Waals surface area contributed by atoms with Gasteiger partial charge in [-0.05, 0) is 25.5 Å². The number of hydrogen-bond acceptors (Lipinski definition) is 5. The van der Waals surface area contributed by atoms with E-state index in [2.05, 4.69) is 32.8 Å². The van der Waals surface area contributed by atoms with Crippen LogP contribution in [-0.4, -0.2) is 39.5 Å². The first kappa shape index (κ1) is 14.9. The van der Waals surface area contributed by atoms with Crippen LogP contribution in [0.25, 0.3) is 0 Å². The summed E-state index contributed by atoms with van der Waals surface area (Å²) in [5.41, 5.74) is 2.83. The van der Waals surface area contributed by atoms with Gasteiger partial charge >= 0.3 is 0 Å². The van der Waals surface area contributed by atoms with Gasteiger partial charge in [-0.3, -0.25) is 14.7 Å². The third kappa shape index (κ3) is 3.40. The molecule has 1 saturated heterocycles. The number of morpholine rings is 1. The van der Waals surface area contributed by atoms with Crippen molar-refractivity contribution in [1.82, 2.24) is 19.9 Å². The summed E-state index contributed by atoms with van der Waals surface area (Å²) in [6.45, 7) is 6.84. The predicted octanol–water partition coefficient (Wildman–Crippen LogP) is 1.36. The van der Waals surface area contributed by atoms with Gasteiger partial charge in [-0.15, -0.1) is 0 Å². The van der Waals surface area contributed by atoms with E-state index in [4.69, 9.17) is 4.74 Å². The molecule has 22 heavy (non-hydrogen) atoms. The molecule has 0 aromatic carbocycles. The molecule has 1 atom stereocenters. The van der Waals surface area contributed by atoms with E-state index < -0.39 is 0 Å². The van der Waals surface area contributed by atoms with Crippen molar-refractivity contribution >= 4 is 0 Å². The minimum Gasteiger partial charge on any atom is -0.369 e. The van der Waals surface area contributed by atoms with Crippen LogP contribution in [0.3, 0.4) is 0 Å². The van der Waals surface area contributed by atoms with Crippen LogP contribution in [0, 0.1) is 13.8 Å². The van der Waals surface area contributed by atoms with Crippen LogP contribution in [-0.2, 0) is 11.3 Å². The molecule has 2 aromatic rings. The molecule has 1 aliphatic heterocycles. The second-order valence-corrected chi connectivity index (χ2v) is 5.62. The zero-order chi connectivity index (χ0) is 15.5. The molecule has 0 radical (unpaired) electrons.